The van der Waals surface area contributed by atoms with Gasteiger partial charge < -0.3 is 19.7 Å². The number of phenols is 1. The molecule has 3 aromatic heterocycles. The van der Waals surface area contributed by atoms with Crippen LogP contribution in [0.25, 0.3) is 33.4 Å². The maximum Gasteiger partial charge on any atom is 0.195 e. The molecular formula is C24H23F2N5O2. The third-order valence-corrected chi connectivity index (χ3v) is 6.57. The van der Waals surface area contributed by atoms with Crippen LogP contribution >= 0.6 is 0 Å². The van der Waals surface area contributed by atoms with E-state index in [1.807, 2.05) is 18.2 Å². The summed E-state index contributed by atoms with van der Waals surface area (Å²) in [6.45, 7) is 3.34. The molecular weight excluding hydrogens is 428 g/mol. The predicted octanol–water partition coefficient (Wildman–Crippen LogP) is 4.26. The fourth-order valence-corrected chi connectivity index (χ4v) is 4.77. The summed E-state index contributed by atoms with van der Waals surface area (Å²) < 4.78 is 33.1. The number of aryl methyl sites for hydroxylation is 1. The number of nitrogens with zero attached hydrogens (tertiary/aromatic N) is 4. The number of hydrogen-bond donors (Lipinski definition) is 2. The molecule has 2 N–H and O–H groups in total. The van der Waals surface area contributed by atoms with Gasteiger partial charge in [-0.2, -0.15) is 0 Å². The summed E-state index contributed by atoms with van der Waals surface area (Å²) in [6.07, 6.45) is 1.57. The molecule has 7 nitrogen and oxygen atoms in total. The molecule has 0 radical (unpaired) electrons. The number of alkyl halides is 1. The van der Waals surface area contributed by atoms with Crippen LogP contribution in [0.15, 0.2) is 34.7 Å². The number of halogens is 2. The van der Waals surface area contributed by atoms with Crippen molar-refractivity contribution in [2.75, 3.05) is 18.0 Å². The number of phenolic OH excluding ortho intramolecular Hbond substituents is 1. The van der Waals surface area contributed by atoms with Gasteiger partial charge >= 0.3 is 0 Å². The van der Waals surface area contributed by atoms with Gasteiger partial charge in [-0.1, -0.05) is 0 Å². The summed E-state index contributed by atoms with van der Waals surface area (Å²) >= 11 is 0. The van der Waals surface area contributed by atoms with Gasteiger partial charge in [0.1, 0.15) is 17.5 Å². The Morgan fingerprint density at radius 3 is 2.70 bits per heavy atom. The van der Waals surface area contributed by atoms with Crippen molar-refractivity contribution in [3.8, 4) is 17.0 Å². The largest absolute Gasteiger partial charge is 0.504 e. The molecule has 0 bridgehead atoms. The third kappa shape index (κ3) is 3.56. The number of aromatic hydroxyl groups is 1. The SMILES string of the molecule is Cc1nc2c(F)c(O)c(-c3ccc4nc(N5CC[C@@H](N[C@H]6C[C@@H](F)C6)C5)ccc4n3)cc2o1. The average molecular weight is 451 g/mol. The van der Waals surface area contributed by atoms with Crippen molar-refractivity contribution < 1.29 is 18.3 Å². The van der Waals surface area contributed by atoms with Crippen LogP contribution in [0, 0.1) is 12.7 Å². The van der Waals surface area contributed by atoms with Crippen LogP contribution in [-0.4, -0.2) is 51.4 Å². The Balaban J connectivity index is 1.26. The van der Waals surface area contributed by atoms with Gasteiger partial charge in [0.15, 0.2) is 23.0 Å². The lowest BCUT2D eigenvalue weighted by atomic mass is 9.90. The molecule has 9 heteroatoms. The van der Waals surface area contributed by atoms with Crippen molar-refractivity contribution in [2.45, 2.75) is 44.4 Å². The molecule has 0 unspecified atom stereocenters. The van der Waals surface area contributed by atoms with Crippen molar-refractivity contribution in [1.82, 2.24) is 20.3 Å². The number of aromatic nitrogens is 3. The predicted molar refractivity (Wildman–Crippen MR) is 121 cm³/mol. The van der Waals surface area contributed by atoms with Crippen LogP contribution in [0.4, 0.5) is 14.6 Å². The van der Waals surface area contributed by atoms with Gasteiger partial charge in [-0.3, -0.25) is 0 Å². The Morgan fingerprint density at radius 2 is 1.88 bits per heavy atom. The van der Waals surface area contributed by atoms with E-state index in [0.717, 1.165) is 25.3 Å². The van der Waals surface area contributed by atoms with E-state index in [1.54, 1.807) is 19.1 Å². The number of oxazole rings is 1. The zero-order chi connectivity index (χ0) is 22.7. The number of rotatable bonds is 4. The third-order valence-electron chi connectivity index (χ3n) is 6.57. The Bertz CT molecular complexity index is 1370. The van der Waals surface area contributed by atoms with E-state index < -0.39 is 17.7 Å². The van der Waals surface area contributed by atoms with Gasteiger partial charge in [0.25, 0.3) is 0 Å². The molecule has 4 aromatic rings. The van der Waals surface area contributed by atoms with E-state index >= 15 is 0 Å². The Labute approximate surface area is 188 Å². The zero-order valence-electron chi connectivity index (χ0n) is 18.1. The first-order valence-corrected chi connectivity index (χ1v) is 11.2. The highest BCUT2D eigenvalue weighted by Gasteiger charge is 2.33. The lowest BCUT2D eigenvalue weighted by Gasteiger charge is -2.33. The van der Waals surface area contributed by atoms with Gasteiger partial charge in [0, 0.05) is 37.7 Å². The lowest BCUT2D eigenvalue weighted by molar-refractivity contribution is 0.148. The molecule has 4 heterocycles. The minimum Gasteiger partial charge on any atom is -0.504 e. The second-order valence-electron chi connectivity index (χ2n) is 8.93. The highest BCUT2D eigenvalue weighted by atomic mass is 19.1. The van der Waals surface area contributed by atoms with Crippen molar-refractivity contribution in [3.05, 3.63) is 42.0 Å². The van der Waals surface area contributed by atoms with Gasteiger partial charge in [-0.05, 0) is 49.6 Å². The van der Waals surface area contributed by atoms with Crippen LogP contribution in [0.1, 0.15) is 25.2 Å². The van der Waals surface area contributed by atoms with Crippen LogP contribution in [0.5, 0.6) is 5.75 Å². The van der Waals surface area contributed by atoms with E-state index in [2.05, 4.69) is 20.2 Å². The molecule has 1 saturated carbocycles. The highest BCUT2D eigenvalue weighted by molar-refractivity contribution is 5.87. The molecule has 0 spiro atoms. The molecule has 1 atom stereocenters. The molecule has 170 valence electrons. The molecule has 1 aromatic carbocycles. The van der Waals surface area contributed by atoms with Gasteiger partial charge in [-0.25, -0.2) is 23.7 Å². The first kappa shape index (κ1) is 20.3. The Kier molecular flexibility index (Phi) is 4.69. The number of hydrogen-bond acceptors (Lipinski definition) is 7. The Morgan fingerprint density at radius 1 is 1.09 bits per heavy atom. The van der Waals surface area contributed by atoms with E-state index in [-0.39, 0.29) is 16.7 Å². The van der Waals surface area contributed by atoms with Crippen molar-refractivity contribution in [3.63, 3.8) is 0 Å². The monoisotopic (exact) mass is 451 g/mol. The molecule has 2 aliphatic rings. The minimum absolute atomic E-state index is 0.000995. The number of anilines is 1. The maximum atomic E-state index is 14.6. The van der Waals surface area contributed by atoms with Crippen LogP contribution in [-0.2, 0) is 0 Å². The van der Waals surface area contributed by atoms with E-state index in [4.69, 9.17) is 9.40 Å². The second-order valence-corrected chi connectivity index (χ2v) is 8.93. The van der Waals surface area contributed by atoms with Gasteiger partial charge in [0.2, 0.25) is 0 Å². The quantitative estimate of drug-likeness (QED) is 0.479. The molecule has 2 fully saturated rings. The summed E-state index contributed by atoms with van der Waals surface area (Å²) in [7, 11) is 0. The number of fused-ring (bicyclic) bond motifs is 2. The number of benzene rings is 1. The van der Waals surface area contributed by atoms with E-state index in [0.29, 0.717) is 47.5 Å². The summed E-state index contributed by atoms with van der Waals surface area (Å²) in [6, 6.07) is 9.51. The number of pyridine rings is 2. The fraction of sp³-hybridized carbons (Fsp3) is 0.375. The smallest absolute Gasteiger partial charge is 0.195 e. The zero-order valence-corrected chi connectivity index (χ0v) is 18.1. The maximum absolute atomic E-state index is 14.6. The summed E-state index contributed by atoms with van der Waals surface area (Å²) in [4.78, 5) is 15.5. The number of nitrogens with one attached hydrogen (secondary N) is 1. The summed E-state index contributed by atoms with van der Waals surface area (Å²) in [5.74, 6) is -0.141. The van der Waals surface area contributed by atoms with E-state index in [9.17, 15) is 13.9 Å². The lowest BCUT2D eigenvalue weighted by Crippen LogP contribution is -2.48. The normalized spacial score (nSPS) is 22.9. The van der Waals surface area contributed by atoms with Crippen LogP contribution in [0.2, 0.25) is 0 Å². The van der Waals surface area contributed by atoms with Crippen LogP contribution < -0.4 is 10.2 Å². The second kappa shape index (κ2) is 7.62. The molecule has 6 rings (SSSR count). The first-order valence-electron chi connectivity index (χ1n) is 11.2. The topological polar surface area (TPSA) is 87.3 Å². The Hall–Kier alpha value is -3.33. The van der Waals surface area contributed by atoms with Crippen molar-refractivity contribution >= 4 is 28.0 Å². The summed E-state index contributed by atoms with van der Waals surface area (Å²) in [5, 5.41) is 13.9. The molecule has 0 amide bonds. The molecule has 33 heavy (non-hydrogen) atoms. The minimum atomic E-state index is -0.823. The van der Waals surface area contributed by atoms with Crippen LogP contribution in [0.3, 0.4) is 0 Å². The standard InChI is InChI=1S/C24H23F2N5O2/c1-12-27-23-20(33-12)10-16(24(32)22(23)26)17-2-3-19-18(29-17)4-5-21(30-19)31-7-6-14(11-31)28-15-8-13(25)9-15/h2-5,10,13-15,28,32H,6-9,11H2,1H3/t13-,14-,15+/m1/s1. The molecule has 1 aliphatic heterocycles. The average Bonchev–Trinajstić information content (AvgIpc) is 3.41. The first-order chi connectivity index (χ1) is 15.9. The van der Waals surface area contributed by atoms with E-state index in [1.165, 1.54) is 0 Å². The molecule has 1 saturated heterocycles. The van der Waals surface area contributed by atoms with Gasteiger partial charge in [-0.15, -0.1) is 0 Å². The van der Waals surface area contributed by atoms with Gasteiger partial charge in [0.05, 0.1) is 16.7 Å². The van der Waals surface area contributed by atoms with Crippen molar-refractivity contribution in [1.29, 1.82) is 0 Å². The molecule has 1 aliphatic carbocycles. The highest BCUT2D eigenvalue weighted by Crippen LogP contribution is 2.36. The fourth-order valence-electron chi connectivity index (χ4n) is 4.77. The van der Waals surface area contributed by atoms with Crippen molar-refractivity contribution in [2.24, 2.45) is 0 Å². The summed E-state index contributed by atoms with van der Waals surface area (Å²) in [5.41, 5.74) is 2.27.